The Morgan fingerprint density at radius 1 is 1.40 bits per heavy atom. The van der Waals surface area contributed by atoms with Crippen molar-refractivity contribution in [1.29, 1.82) is 0 Å². The third-order valence-electron chi connectivity index (χ3n) is 0.394. The molecule has 1 N–H and O–H groups in total. The lowest BCUT2D eigenvalue weighted by atomic mass is 10.4. The third kappa shape index (κ3) is 0.618. The molecule has 1 aliphatic heterocycles. The summed E-state index contributed by atoms with van der Waals surface area (Å²) in [7, 11) is 0. The first kappa shape index (κ1) is 0.648. The Balaban J connectivity index is 2.95. The van der Waals surface area contributed by atoms with Crippen molar-refractivity contribution in [2.45, 2.75) is 12.7 Å². The predicted molar refractivity (Wildman–Crippen MR) is 22.1 cm³/mol. The molecule has 0 saturated carbocycles. The molecule has 0 aromatic heterocycles. The van der Waals surface area contributed by atoms with Gasteiger partial charge in [0.05, 0.1) is 0 Å². The molecule has 0 aliphatic carbocycles. The number of hydrogen-bond donors (Lipinski definition) is 1. The van der Waals surface area contributed by atoms with E-state index in [1.165, 1.54) is 0 Å². The summed E-state index contributed by atoms with van der Waals surface area (Å²) in [6, 6.07) is 0. The molecule has 0 aromatic carbocycles. The highest BCUT2D eigenvalue weighted by molar-refractivity contribution is 4.55. The van der Waals surface area contributed by atoms with Gasteiger partial charge in [-0.05, 0) is 25.8 Å². The Morgan fingerprint density at radius 2 is 2.00 bits per heavy atom. The molecule has 1 saturated heterocycles. The maximum atomic E-state index is 7.15. The quantitative estimate of drug-likeness (QED) is 0.440. The van der Waals surface area contributed by atoms with Gasteiger partial charge in [-0.15, -0.1) is 0 Å². The zero-order valence-electron chi connectivity index (χ0n) is 8.65. The molecular formula is C4H9N. The predicted octanol–water partition coefficient (Wildman–Crippen LogP) is 0.370. The fraction of sp³-hybridized carbons (Fsp3) is 1.00. The first-order valence-corrected chi connectivity index (χ1v) is 1.40. The van der Waals surface area contributed by atoms with Gasteiger partial charge >= 0.3 is 0 Å². The summed E-state index contributed by atoms with van der Waals surface area (Å²) in [5.41, 5.74) is 0. The summed E-state index contributed by atoms with van der Waals surface area (Å²) in [5, 5.41) is 2.18. The van der Waals surface area contributed by atoms with E-state index in [0.717, 1.165) is 0 Å². The van der Waals surface area contributed by atoms with Crippen molar-refractivity contribution < 1.29 is 8.22 Å². The summed E-state index contributed by atoms with van der Waals surface area (Å²) in [6.45, 7) is -2.69. The largest absolute Gasteiger partial charge is 0.317 e. The average molecular weight is 77.2 g/mol. The molecule has 30 valence electrons. The van der Waals surface area contributed by atoms with Crippen LogP contribution in [0.3, 0.4) is 0 Å². The van der Waals surface area contributed by atoms with Crippen LogP contribution in [0.5, 0.6) is 0 Å². The lowest BCUT2D eigenvalue weighted by Crippen LogP contribution is -2.03. The van der Waals surface area contributed by atoms with Gasteiger partial charge in [-0.1, -0.05) is 0 Å². The van der Waals surface area contributed by atoms with Crippen LogP contribution in [0, 0.1) is 0 Å². The minimum atomic E-state index is -2.28. The molecule has 0 radical (unpaired) electrons. The third-order valence-corrected chi connectivity index (χ3v) is 0.394. The second kappa shape index (κ2) is 1.41. The normalized spacial score (nSPS) is 91.2. The molecule has 2 unspecified atom stereocenters. The van der Waals surface area contributed by atoms with Gasteiger partial charge < -0.3 is 5.32 Å². The Morgan fingerprint density at radius 3 is 2.20 bits per heavy atom. The van der Waals surface area contributed by atoms with Crippen LogP contribution in [-0.2, 0) is 0 Å². The van der Waals surface area contributed by atoms with Gasteiger partial charge in [-0.3, -0.25) is 0 Å². The molecule has 0 amide bonds. The van der Waals surface area contributed by atoms with Crippen LogP contribution < -0.4 is 5.32 Å². The van der Waals surface area contributed by atoms with Crippen molar-refractivity contribution in [2.24, 2.45) is 0 Å². The van der Waals surface area contributed by atoms with E-state index < -0.39 is 25.8 Å². The molecule has 0 bridgehead atoms. The second-order valence-corrected chi connectivity index (χ2v) is 0.744. The summed E-state index contributed by atoms with van der Waals surface area (Å²) in [5.74, 6) is 0. The standard InChI is InChI=1S/C4H9N/c1-2-4-5-3-1/h5H,1-4H2/i1D2,2D2,3D,4D. The minimum Gasteiger partial charge on any atom is -0.317 e. The molecule has 2 atom stereocenters. The zero-order chi connectivity index (χ0) is 8.86. The molecule has 1 fully saturated rings. The summed E-state index contributed by atoms with van der Waals surface area (Å²) in [4.78, 5) is 0. The van der Waals surface area contributed by atoms with Crippen LogP contribution in [0.25, 0.3) is 0 Å². The van der Waals surface area contributed by atoms with Crippen molar-refractivity contribution in [3.8, 4) is 0 Å². The van der Waals surface area contributed by atoms with Crippen LogP contribution in [0.4, 0.5) is 0 Å². The van der Waals surface area contributed by atoms with E-state index in [4.69, 9.17) is 8.22 Å². The van der Waals surface area contributed by atoms with Gasteiger partial charge in [0.2, 0.25) is 0 Å². The fourth-order valence-corrected chi connectivity index (χ4v) is 0.208. The highest BCUT2D eigenvalue weighted by Gasteiger charge is 1.93. The molecule has 0 aromatic rings. The van der Waals surface area contributed by atoms with Gasteiger partial charge in [0.25, 0.3) is 0 Å². The summed E-state index contributed by atoms with van der Waals surface area (Å²) in [6.07, 6.45) is -4.56. The highest BCUT2D eigenvalue weighted by Crippen LogP contribution is 1.90. The van der Waals surface area contributed by atoms with E-state index in [0.29, 0.717) is 0 Å². The minimum absolute atomic E-state index is 1.35. The van der Waals surface area contributed by atoms with E-state index in [1.54, 1.807) is 0 Å². The maximum Gasteiger partial charge on any atom is 0.0428 e. The second-order valence-electron chi connectivity index (χ2n) is 0.744. The first-order valence-electron chi connectivity index (χ1n) is 4.56. The maximum absolute atomic E-state index is 7.15. The lowest BCUT2D eigenvalue weighted by Gasteiger charge is -1.76. The van der Waals surface area contributed by atoms with E-state index in [9.17, 15) is 0 Å². The molecule has 1 heteroatoms. The lowest BCUT2D eigenvalue weighted by molar-refractivity contribution is 0.857. The molecule has 1 heterocycles. The molecular weight excluding hydrogens is 62.1 g/mol. The van der Waals surface area contributed by atoms with Crippen LogP contribution in [0.2, 0.25) is 0 Å². The van der Waals surface area contributed by atoms with Crippen LogP contribution in [0.1, 0.15) is 21.0 Å². The van der Waals surface area contributed by atoms with Crippen LogP contribution in [-0.4, -0.2) is 13.0 Å². The van der Waals surface area contributed by atoms with Gasteiger partial charge in [0.1, 0.15) is 0 Å². The molecule has 1 nitrogen and oxygen atoms in total. The van der Waals surface area contributed by atoms with Crippen molar-refractivity contribution in [3.05, 3.63) is 0 Å². The molecule has 0 spiro atoms. The van der Waals surface area contributed by atoms with Crippen molar-refractivity contribution in [1.82, 2.24) is 5.32 Å². The molecule has 1 rings (SSSR count). The Hall–Kier alpha value is -0.0400. The van der Waals surface area contributed by atoms with Gasteiger partial charge in [0, 0.05) is 8.22 Å². The van der Waals surface area contributed by atoms with Crippen molar-refractivity contribution >= 4 is 0 Å². The Bertz CT molecular complexity index is 150. The Kier molecular flexibility index (Phi) is 0.183. The topological polar surface area (TPSA) is 12.0 Å². The van der Waals surface area contributed by atoms with E-state index in [1.807, 2.05) is 0 Å². The Labute approximate surface area is 40.8 Å². The number of rotatable bonds is 0. The van der Waals surface area contributed by atoms with Crippen molar-refractivity contribution in [2.75, 3.05) is 13.0 Å². The van der Waals surface area contributed by atoms with Crippen molar-refractivity contribution in [3.63, 3.8) is 0 Å². The molecule has 5 heavy (non-hydrogen) atoms. The van der Waals surface area contributed by atoms with E-state index in [2.05, 4.69) is 5.32 Å². The smallest absolute Gasteiger partial charge is 0.0428 e. The molecule has 1 aliphatic rings. The van der Waals surface area contributed by atoms with Gasteiger partial charge in [-0.2, -0.15) is 0 Å². The summed E-state index contributed by atoms with van der Waals surface area (Å²) >= 11 is 0. The highest BCUT2D eigenvalue weighted by atomic mass is 14.9. The fourth-order valence-electron chi connectivity index (χ4n) is 0.208. The van der Waals surface area contributed by atoms with Crippen LogP contribution in [0.15, 0.2) is 0 Å². The number of hydrogen-bond acceptors (Lipinski definition) is 1. The average Bonchev–Trinajstić information content (AvgIpc) is 1.95. The first-order chi connectivity index (χ1) is 4.80. The van der Waals surface area contributed by atoms with E-state index >= 15 is 0 Å². The van der Waals surface area contributed by atoms with Crippen LogP contribution >= 0.6 is 0 Å². The monoisotopic (exact) mass is 77.1 g/mol. The van der Waals surface area contributed by atoms with Gasteiger partial charge in [-0.25, -0.2) is 0 Å². The zero-order valence-corrected chi connectivity index (χ0v) is 2.65. The number of nitrogens with one attached hydrogen (secondary N) is 1. The van der Waals surface area contributed by atoms with E-state index in [-0.39, 0.29) is 0 Å². The SMILES string of the molecule is [2H]C1NC([2H])C([2H])([2H])C1([2H])[2H]. The summed E-state index contributed by atoms with van der Waals surface area (Å²) < 4.78 is 42.7. The van der Waals surface area contributed by atoms with Gasteiger partial charge in [0.15, 0.2) is 0 Å².